The van der Waals surface area contributed by atoms with E-state index >= 15 is 0 Å². The van der Waals surface area contributed by atoms with Crippen LogP contribution in [0, 0.1) is 16.0 Å². The third-order valence-electron chi connectivity index (χ3n) is 5.17. The normalized spacial score (nSPS) is 14.5. The largest absolute Gasteiger partial charge is 0.466 e. The van der Waals surface area contributed by atoms with E-state index in [1.807, 2.05) is 35.2 Å². The Balaban J connectivity index is 1.62. The van der Waals surface area contributed by atoms with Gasteiger partial charge in [-0.3, -0.25) is 19.9 Å². The predicted octanol–water partition coefficient (Wildman–Crippen LogP) is 3.86. The highest BCUT2D eigenvalue weighted by Gasteiger charge is 2.32. The molecule has 1 aliphatic rings. The van der Waals surface area contributed by atoms with E-state index in [0.29, 0.717) is 32.5 Å². The number of ether oxygens (including phenoxy) is 1. The molecule has 0 amide bonds. The van der Waals surface area contributed by atoms with Crippen LogP contribution in [0.5, 0.6) is 0 Å². The monoisotopic (exact) mass is 439 g/mol. The van der Waals surface area contributed by atoms with Gasteiger partial charge in [-0.25, -0.2) is 9.97 Å². The number of aromatic nitrogens is 3. The number of esters is 1. The lowest BCUT2D eigenvalue weighted by Gasteiger charge is -2.31. The first kappa shape index (κ1) is 21.0. The third kappa shape index (κ3) is 4.43. The fourth-order valence-corrected chi connectivity index (χ4v) is 4.65. The minimum atomic E-state index is -0.437. The molecule has 1 saturated heterocycles. The topological polar surface area (TPSA) is 111 Å². The van der Waals surface area contributed by atoms with Gasteiger partial charge in [-0.1, -0.05) is 30.0 Å². The van der Waals surface area contributed by atoms with Crippen LogP contribution in [0.2, 0.25) is 0 Å². The summed E-state index contributed by atoms with van der Waals surface area (Å²) in [6, 6.07) is 9.50. The Morgan fingerprint density at radius 1 is 1.23 bits per heavy atom. The maximum atomic E-state index is 12.0. The van der Waals surface area contributed by atoms with Crippen LogP contribution < -0.4 is 4.90 Å². The summed E-state index contributed by atoms with van der Waals surface area (Å²) in [4.78, 5) is 39.0. The fourth-order valence-electron chi connectivity index (χ4n) is 3.67. The maximum Gasteiger partial charge on any atom is 0.343 e. The number of para-hydroxylation sites is 1. The highest BCUT2D eigenvalue weighted by molar-refractivity contribution is 7.99. The quantitative estimate of drug-likeness (QED) is 0.244. The van der Waals surface area contributed by atoms with E-state index in [2.05, 4.69) is 15.0 Å². The number of nitrogens with zero attached hydrogens (tertiary/aromatic N) is 5. The van der Waals surface area contributed by atoms with Crippen molar-refractivity contribution >= 4 is 40.1 Å². The van der Waals surface area contributed by atoms with Crippen molar-refractivity contribution in [2.45, 2.75) is 29.7 Å². The smallest absolute Gasteiger partial charge is 0.343 e. The molecule has 0 bridgehead atoms. The van der Waals surface area contributed by atoms with Gasteiger partial charge in [0.15, 0.2) is 5.03 Å². The first-order chi connectivity index (χ1) is 15.1. The van der Waals surface area contributed by atoms with Crippen molar-refractivity contribution in [2.75, 3.05) is 24.6 Å². The van der Waals surface area contributed by atoms with E-state index in [1.54, 1.807) is 13.1 Å². The highest BCUT2D eigenvalue weighted by Crippen LogP contribution is 2.40. The molecule has 0 N–H and O–H groups in total. The second-order valence-corrected chi connectivity index (χ2v) is 8.09. The minimum Gasteiger partial charge on any atom is -0.466 e. The van der Waals surface area contributed by atoms with E-state index in [4.69, 9.17) is 4.74 Å². The number of piperidine rings is 1. The molecule has 10 heteroatoms. The fraction of sp³-hybridized carbons (Fsp3) is 0.333. The number of fused-ring (bicyclic) bond motifs is 1. The molecule has 0 spiro atoms. The Morgan fingerprint density at radius 3 is 2.74 bits per heavy atom. The summed E-state index contributed by atoms with van der Waals surface area (Å²) in [5.41, 5.74) is 0.634. The molecule has 1 fully saturated rings. The van der Waals surface area contributed by atoms with Crippen LogP contribution in [0.3, 0.4) is 0 Å². The SMILES string of the molecule is CCOC(=O)C1CCN(c2ncnc(Sc3cccc4cccnc34)c2[N+](=O)[O-])CC1. The number of hydrogen-bond donors (Lipinski definition) is 0. The number of hydrogen-bond acceptors (Lipinski definition) is 9. The minimum absolute atomic E-state index is 0.130. The van der Waals surface area contributed by atoms with Gasteiger partial charge in [0.25, 0.3) is 0 Å². The average molecular weight is 439 g/mol. The molecular formula is C21H21N5O4S. The zero-order chi connectivity index (χ0) is 21.8. The summed E-state index contributed by atoms with van der Waals surface area (Å²) in [7, 11) is 0. The first-order valence-electron chi connectivity index (χ1n) is 10.0. The predicted molar refractivity (Wildman–Crippen MR) is 116 cm³/mol. The average Bonchev–Trinajstić information content (AvgIpc) is 2.79. The van der Waals surface area contributed by atoms with Gasteiger partial charge in [0.1, 0.15) is 6.33 Å². The van der Waals surface area contributed by atoms with Crippen molar-refractivity contribution in [3.8, 4) is 0 Å². The van der Waals surface area contributed by atoms with E-state index in [9.17, 15) is 14.9 Å². The van der Waals surface area contributed by atoms with Gasteiger partial charge in [-0.15, -0.1) is 0 Å². The van der Waals surface area contributed by atoms with E-state index < -0.39 is 4.92 Å². The molecule has 4 rings (SSSR count). The molecule has 3 aromatic rings. The molecule has 3 heterocycles. The number of nitro groups is 1. The highest BCUT2D eigenvalue weighted by atomic mass is 32.2. The van der Waals surface area contributed by atoms with Gasteiger partial charge >= 0.3 is 11.7 Å². The lowest BCUT2D eigenvalue weighted by molar-refractivity contribution is -0.387. The lowest BCUT2D eigenvalue weighted by Crippen LogP contribution is -2.37. The Labute approximate surface area is 183 Å². The summed E-state index contributed by atoms with van der Waals surface area (Å²) < 4.78 is 5.10. The number of pyridine rings is 1. The Hall–Kier alpha value is -3.27. The van der Waals surface area contributed by atoms with Crippen molar-refractivity contribution in [3.63, 3.8) is 0 Å². The number of anilines is 1. The number of carbonyl (C=O) groups is 1. The van der Waals surface area contributed by atoms with Gasteiger partial charge in [0, 0.05) is 29.6 Å². The Morgan fingerprint density at radius 2 is 2.00 bits per heavy atom. The molecule has 1 aromatic carbocycles. The summed E-state index contributed by atoms with van der Waals surface area (Å²) in [6.45, 7) is 3.10. The summed E-state index contributed by atoms with van der Waals surface area (Å²) in [6.07, 6.45) is 4.17. The van der Waals surface area contributed by atoms with Gasteiger partial charge in [0.05, 0.1) is 23.0 Å². The number of rotatable bonds is 6. The van der Waals surface area contributed by atoms with Crippen molar-refractivity contribution in [2.24, 2.45) is 5.92 Å². The number of benzene rings is 1. The third-order valence-corrected chi connectivity index (χ3v) is 6.21. The Kier molecular flexibility index (Phi) is 6.26. The van der Waals surface area contributed by atoms with E-state index in [1.165, 1.54) is 18.1 Å². The molecule has 0 saturated carbocycles. The molecule has 0 aliphatic carbocycles. The molecule has 0 unspecified atom stereocenters. The summed E-state index contributed by atoms with van der Waals surface area (Å²) in [5, 5.41) is 13.2. The van der Waals surface area contributed by atoms with Gasteiger partial charge in [-0.05, 0) is 31.9 Å². The molecule has 1 aliphatic heterocycles. The van der Waals surface area contributed by atoms with Crippen LogP contribution >= 0.6 is 11.8 Å². The maximum absolute atomic E-state index is 12.0. The van der Waals surface area contributed by atoms with Crippen molar-refractivity contribution < 1.29 is 14.5 Å². The van der Waals surface area contributed by atoms with Crippen molar-refractivity contribution in [1.82, 2.24) is 15.0 Å². The Bertz CT molecular complexity index is 1110. The van der Waals surface area contributed by atoms with E-state index in [-0.39, 0.29) is 28.4 Å². The van der Waals surface area contributed by atoms with Crippen LogP contribution in [0.1, 0.15) is 19.8 Å². The molecular weight excluding hydrogens is 418 g/mol. The lowest BCUT2D eigenvalue weighted by atomic mass is 9.97. The summed E-state index contributed by atoms with van der Waals surface area (Å²) in [5.74, 6) is -0.121. The molecule has 2 aromatic heterocycles. The summed E-state index contributed by atoms with van der Waals surface area (Å²) >= 11 is 1.21. The van der Waals surface area contributed by atoms with Gasteiger partial charge in [-0.2, -0.15) is 0 Å². The van der Waals surface area contributed by atoms with Crippen LogP contribution in [0.25, 0.3) is 10.9 Å². The molecule has 160 valence electrons. The molecule has 0 radical (unpaired) electrons. The van der Waals surface area contributed by atoms with Crippen LogP contribution in [-0.4, -0.2) is 45.5 Å². The second kappa shape index (κ2) is 9.25. The van der Waals surface area contributed by atoms with Crippen molar-refractivity contribution in [3.05, 3.63) is 53.0 Å². The zero-order valence-corrected chi connectivity index (χ0v) is 17.7. The first-order valence-corrected chi connectivity index (χ1v) is 10.8. The van der Waals surface area contributed by atoms with Gasteiger partial charge in [0.2, 0.25) is 5.82 Å². The standard InChI is InChI=1S/C21H21N5O4S/c1-2-30-21(27)15-8-11-25(12-9-15)19-18(26(28)29)20(24-13-23-19)31-16-7-3-5-14-6-4-10-22-17(14)16/h3-7,10,13,15H,2,8-9,11-12H2,1H3. The van der Waals surface area contributed by atoms with Crippen molar-refractivity contribution in [1.29, 1.82) is 0 Å². The molecule has 0 atom stereocenters. The second-order valence-electron chi connectivity index (χ2n) is 7.05. The van der Waals surface area contributed by atoms with Crippen LogP contribution in [-0.2, 0) is 9.53 Å². The molecule has 31 heavy (non-hydrogen) atoms. The van der Waals surface area contributed by atoms with Gasteiger partial charge < -0.3 is 9.64 Å². The molecule has 9 nitrogen and oxygen atoms in total. The van der Waals surface area contributed by atoms with Crippen LogP contribution in [0.15, 0.2) is 52.8 Å². The van der Waals surface area contributed by atoms with Crippen LogP contribution in [0.4, 0.5) is 11.5 Å². The van der Waals surface area contributed by atoms with E-state index in [0.717, 1.165) is 15.8 Å². The zero-order valence-electron chi connectivity index (χ0n) is 16.9. The number of carbonyl (C=O) groups excluding carboxylic acids is 1.